The molecule has 6 nitrogen and oxygen atoms in total. The largest absolute Gasteiger partial charge is 0.398 e. The monoisotopic (exact) mass is 260 g/mol. The van der Waals surface area contributed by atoms with Crippen molar-refractivity contribution in [1.82, 2.24) is 20.2 Å². The summed E-state index contributed by atoms with van der Waals surface area (Å²) < 4.78 is 1.89. The third kappa shape index (κ3) is 2.91. The molecule has 0 radical (unpaired) electrons. The fraction of sp³-hybridized carbons (Fsp3) is 0.385. The molecule has 0 aliphatic carbocycles. The van der Waals surface area contributed by atoms with Gasteiger partial charge in [0.15, 0.2) is 0 Å². The molecule has 1 heterocycles. The van der Waals surface area contributed by atoms with Gasteiger partial charge in [-0.1, -0.05) is 18.2 Å². The van der Waals surface area contributed by atoms with Crippen molar-refractivity contribution < 1.29 is 0 Å². The Labute approximate surface area is 112 Å². The smallest absolute Gasteiger partial charge is 0.138 e. The SMILES string of the molecule is CC(C)n1ncnc1CC(NN)c1ccccc1N. The van der Waals surface area contributed by atoms with Crippen LogP contribution in [0.5, 0.6) is 0 Å². The molecule has 0 saturated heterocycles. The number of aromatic nitrogens is 3. The zero-order chi connectivity index (χ0) is 13.8. The first-order valence-electron chi connectivity index (χ1n) is 6.32. The van der Waals surface area contributed by atoms with E-state index in [2.05, 4.69) is 29.4 Å². The number of nitrogens with one attached hydrogen (secondary N) is 1. The van der Waals surface area contributed by atoms with E-state index in [1.54, 1.807) is 6.33 Å². The Morgan fingerprint density at radius 1 is 1.32 bits per heavy atom. The number of hydrogen-bond acceptors (Lipinski definition) is 5. The quantitative estimate of drug-likeness (QED) is 0.426. The van der Waals surface area contributed by atoms with Crippen molar-refractivity contribution in [2.75, 3.05) is 5.73 Å². The number of rotatable bonds is 5. The number of benzene rings is 1. The molecule has 0 aliphatic rings. The second kappa shape index (κ2) is 5.81. The first kappa shape index (κ1) is 13.5. The molecule has 0 bridgehead atoms. The lowest BCUT2D eigenvalue weighted by Gasteiger charge is -2.19. The molecule has 1 aromatic heterocycles. The Bertz CT molecular complexity index is 533. The average Bonchev–Trinajstić information content (AvgIpc) is 2.85. The molecule has 1 atom stereocenters. The molecule has 2 rings (SSSR count). The van der Waals surface area contributed by atoms with E-state index in [0.717, 1.165) is 17.1 Å². The normalized spacial score (nSPS) is 12.8. The van der Waals surface area contributed by atoms with Gasteiger partial charge < -0.3 is 5.73 Å². The summed E-state index contributed by atoms with van der Waals surface area (Å²) in [5, 5.41) is 4.22. The lowest BCUT2D eigenvalue weighted by atomic mass is 10.0. The van der Waals surface area contributed by atoms with E-state index in [4.69, 9.17) is 11.6 Å². The highest BCUT2D eigenvalue weighted by atomic mass is 15.3. The van der Waals surface area contributed by atoms with Crippen LogP contribution < -0.4 is 17.0 Å². The molecule has 0 saturated carbocycles. The van der Waals surface area contributed by atoms with Gasteiger partial charge in [0, 0.05) is 18.2 Å². The van der Waals surface area contributed by atoms with Crippen molar-refractivity contribution in [3.8, 4) is 0 Å². The predicted molar refractivity (Wildman–Crippen MR) is 75.0 cm³/mol. The molecular weight excluding hydrogens is 240 g/mol. The van der Waals surface area contributed by atoms with E-state index in [0.29, 0.717) is 6.42 Å². The highest BCUT2D eigenvalue weighted by Crippen LogP contribution is 2.23. The van der Waals surface area contributed by atoms with Crippen molar-refractivity contribution in [1.29, 1.82) is 0 Å². The Hall–Kier alpha value is -1.92. The van der Waals surface area contributed by atoms with Gasteiger partial charge in [0.1, 0.15) is 12.2 Å². The minimum atomic E-state index is -0.0806. The lowest BCUT2D eigenvalue weighted by Crippen LogP contribution is -2.31. The third-order valence-electron chi connectivity index (χ3n) is 3.10. The van der Waals surface area contributed by atoms with Crippen molar-refractivity contribution in [2.45, 2.75) is 32.4 Å². The van der Waals surface area contributed by atoms with Gasteiger partial charge in [-0.05, 0) is 25.5 Å². The van der Waals surface area contributed by atoms with Gasteiger partial charge in [0.05, 0.1) is 6.04 Å². The third-order valence-corrected chi connectivity index (χ3v) is 3.10. The van der Waals surface area contributed by atoms with E-state index in [9.17, 15) is 0 Å². The fourth-order valence-corrected chi connectivity index (χ4v) is 2.12. The number of nitrogens with two attached hydrogens (primary N) is 2. The summed E-state index contributed by atoms with van der Waals surface area (Å²) >= 11 is 0. The Morgan fingerprint density at radius 2 is 2.05 bits per heavy atom. The van der Waals surface area contributed by atoms with Gasteiger partial charge in [-0.25, -0.2) is 9.67 Å². The van der Waals surface area contributed by atoms with Gasteiger partial charge in [-0.2, -0.15) is 5.10 Å². The van der Waals surface area contributed by atoms with Crippen LogP contribution >= 0.6 is 0 Å². The maximum absolute atomic E-state index is 5.99. The summed E-state index contributed by atoms with van der Waals surface area (Å²) in [6.45, 7) is 4.14. The zero-order valence-electron chi connectivity index (χ0n) is 11.2. The van der Waals surface area contributed by atoms with E-state index >= 15 is 0 Å². The van der Waals surface area contributed by atoms with Crippen LogP contribution in [-0.4, -0.2) is 14.8 Å². The number of anilines is 1. The van der Waals surface area contributed by atoms with Gasteiger partial charge >= 0.3 is 0 Å². The number of hydrogen-bond donors (Lipinski definition) is 3. The summed E-state index contributed by atoms with van der Waals surface area (Å²) in [5.74, 6) is 6.54. The molecular formula is C13H20N6. The molecule has 1 aromatic carbocycles. The number of para-hydroxylation sites is 1. The highest BCUT2D eigenvalue weighted by molar-refractivity contribution is 5.48. The number of nitrogen functional groups attached to an aromatic ring is 1. The highest BCUT2D eigenvalue weighted by Gasteiger charge is 2.17. The van der Waals surface area contributed by atoms with Crippen LogP contribution in [0, 0.1) is 0 Å². The van der Waals surface area contributed by atoms with E-state index in [1.807, 2.05) is 28.9 Å². The Kier molecular flexibility index (Phi) is 4.13. The summed E-state index contributed by atoms with van der Waals surface area (Å²) in [6, 6.07) is 7.88. The molecule has 0 aliphatic heterocycles. The number of hydrazine groups is 1. The zero-order valence-corrected chi connectivity index (χ0v) is 11.2. The molecule has 6 heteroatoms. The van der Waals surface area contributed by atoms with Crippen LogP contribution in [0.4, 0.5) is 5.69 Å². The maximum atomic E-state index is 5.99. The van der Waals surface area contributed by atoms with Crippen molar-refractivity contribution in [3.05, 3.63) is 42.0 Å². The van der Waals surface area contributed by atoms with E-state index < -0.39 is 0 Å². The van der Waals surface area contributed by atoms with Crippen molar-refractivity contribution >= 4 is 5.69 Å². The molecule has 1 unspecified atom stereocenters. The number of nitrogens with zero attached hydrogens (tertiary/aromatic N) is 3. The first-order chi connectivity index (χ1) is 9.13. The fourth-order valence-electron chi connectivity index (χ4n) is 2.12. The van der Waals surface area contributed by atoms with Gasteiger partial charge in [0.25, 0.3) is 0 Å². The minimum absolute atomic E-state index is 0.0806. The topological polar surface area (TPSA) is 94.8 Å². The Morgan fingerprint density at radius 3 is 2.68 bits per heavy atom. The average molecular weight is 260 g/mol. The summed E-state index contributed by atoms with van der Waals surface area (Å²) in [4.78, 5) is 4.30. The summed E-state index contributed by atoms with van der Waals surface area (Å²) in [5.41, 5.74) is 10.5. The summed E-state index contributed by atoms with van der Waals surface area (Å²) in [7, 11) is 0. The van der Waals surface area contributed by atoms with Gasteiger partial charge in [-0.15, -0.1) is 0 Å². The second-order valence-corrected chi connectivity index (χ2v) is 4.77. The summed E-state index contributed by atoms with van der Waals surface area (Å²) in [6.07, 6.45) is 2.21. The predicted octanol–water partition coefficient (Wildman–Crippen LogP) is 1.19. The van der Waals surface area contributed by atoms with E-state index in [-0.39, 0.29) is 12.1 Å². The van der Waals surface area contributed by atoms with E-state index in [1.165, 1.54) is 0 Å². The molecule has 102 valence electrons. The van der Waals surface area contributed by atoms with Crippen LogP contribution in [0.25, 0.3) is 0 Å². The molecule has 0 amide bonds. The molecule has 19 heavy (non-hydrogen) atoms. The minimum Gasteiger partial charge on any atom is -0.398 e. The van der Waals surface area contributed by atoms with Gasteiger partial charge in [0.2, 0.25) is 0 Å². The standard InChI is InChI=1S/C13H20N6/c1-9(2)19-13(16-8-17-19)7-12(18-15)10-5-3-4-6-11(10)14/h3-6,8-9,12,18H,7,14-15H2,1-2H3. The first-order valence-corrected chi connectivity index (χ1v) is 6.32. The lowest BCUT2D eigenvalue weighted by molar-refractivity contribution is 0.469. The van der Waals surface area contributed by atoms with Crippen LogP contribution in [0.15, 0.2) is 30.6 Å². The molecule has 2 aromatic rings. The maximum Gasteiger partial charge on any atom is 0.138 e. The van der Waals surface area contributed by atoms with Crippen molar-refractivity contribution in [3.63, 3.8) is 0 Å². The molecule has 0 fully saturated rings. The van der Waals surface area contributed by atoms with Crippen molar-refractivity contribution in [2.24, 2.45) is 5.84 Å². The van der Waals surface area contributed by atoms with Crippen LogP contribution in [0.3, 0.4) is 0 Å². The van der Waals surface area contributed by atoms with Crippen LogP contribution in [0.2, 0.25) is 0 Å². The Balaban J connectivity index is 2.25. The molecule has 0 spiro atoms. The van der Waals surface area contributed by atoms with Crippen LogP contribution in [0.1, 0.15) is 37.3 Å². The second-order valence-electron chi connectivity index (χ2n) is 4.77. The van der Waals surface area contributed by atoms with Gasteiger partial charge in [-0.3, -0.25) is 11.3 Å². The van der Waals surface area contributed by atoms with Crippen LogP contribution in [-0.2, 0) is 6.42 Å². The molecule has 5 N–H and O–H groups in total.